The Balaban J connectivity index is 0.00000225. The quantitative estimate of drug-likeness (QED) is 0.422. The molecule has 25 heavy (non-hydrogen) atoms. The van der Waals surface area contributed by atoms with Crippen molar-refractivity contribution in [2.45, 2.75) is 12.8 Å². The van der Waals surface area contributed by atoms with Gasteiger partial charge in [0.2, 0.25) is 5.95 Å². The van der Waals surface area contributed by atoms with E-state index in [9.17, 15) is 0 Å². The maximum absolute atomic E-state index is 4.45. The summed E-state index contributed by atoms with van der Waals surface area (Å²) in [5, 5.41) is 5.65. The number of thiophene rings is 1. The molecule has 3 heterocycles. The molecule has 1 atom stereocenters. The van der Waals surface area contributed by atoms with Crippen LogP contribution in [0.25, 0.3) is 0 Å². The molecule has 1 unspecified atom stereocenters. The third kappa shape index (κ3) is 5.27. The molecule has 1 N–H and O–H groups in total. The predicted octanol–water partition coefficient (Wildman–Crippen LogP) is 2.66. The topological polar surface area (TPSA) is 56.7 Å². The summed E-state index contributed by atoms with van der Waals surface area (Å²) in [4.78, 5) is 19.0. The standard InChI is InChI=1S/C17H24N6S.HI/c1-14(15-5-3-12-24-15)13-21-16(18-2)22-8-10-23(11-9-22)17-19-6-4-7-20-17;/h3-7,12,14H,8-11,13H2,1-2H3,(H,18,21);1H. The van der Waals surface area contributed by atoms with Crippen molar-refractivity contribution in [3.05, 3.63) is 40.8 Å². The van der Waals surface area contributed by atoms with Crippen LogP contribution in [0.3, 0.4) is 0 Å². The molecule has 8 heteroatoms. The van der Waals surface area contributed by atoms with E-state index in [0.717, 1.165) is 44.6 Å². The van der Waals surface area contributed by atoms with E-state index in [2.05, 4.69) is 54.5 Å². The lowest BCUT2D eigenvalue weighted by molar-refractivity contribution is 0.369. The summed E-state index contributed by atoms with van der Waals surface area (Å²) in [6.07, 6.45) is 3.59. The predicted molar refractivity (Wildman–Crippen MR) is 115 cm³/mol. The van der Waals surface area contributed by atoms with Crippen LogP contribution in [0.5, 0.6) is 0 Å². The number of hydrogen-bond acceptors (Lipinski definition) is 5. The zero-order valence-corrected chi connectivity index (χ0v) is 17.8. The van der Waals surface area contributed by atoms with Crippen molar-refractivity contribution in [2.75, 3.05) is 44.7 Å². The summed E-state index contributed by atoms with van der Waals surface area (Å²) in [5.74, 6) is 2.28. The van der Waals surface area contributed by atoms with Crippen LogP contribution in [-0.2, 0) is 0 Å². The number of nitrogens with one attached hydrogen (secondary N) is 1. The first-order valence-corrected chi connectivity index (χ1v) is 9.17. The monoisotopic (exact) mass is 472 g/mol. The lowest BCUT2D eigenvalue weighted by Gasteiger charge is -2.36. The number of aliphatic imine (C=N–C) groups is 1. The molecule has 0 spiro atoms. The van der Waals surface area contributed by atoms with Gasteiger partial charge in [-0.05, 0) is 17.5 Å². The fourth-order valence-corrected chi connectivity index (χ4v) is 3.61. The molecule has 0 amide bonds. The molecule has 0 radical (unpaired) electrons. The molecule has 1 aliphatic rings. The van der Waals surface area contributed by atoms with Gasteiger partial charge in [-0.3, -0.25) is 4.99 Å². The van der Waals surface area contributed by atoms with Gasteiger partial charge in [-0.1, -0.05) is 13.0 Å². The van der Waals surface area contributed by atoms with Crippen LogP contribution in [0, 0.1) is 0 Å². The van der Waals surface area contributed by atoms with Gasteiger partial charge in [0.15, 0.2) is 5.96 Å². The van der Waals surface area contributed by atoms with E-state index in [1.165, 1.54) is 4.88 Å². The maximum Gasteiger partial charge on any atom is 0.225 e. The third-order valence-corrected chi connectivity index (χ3v) is 5.33. The average Bonchev–Trinajstić information content (AvgIpc) is 3.18. The summed E-state index contributed by atoms with van der Waals surface area (Å²) >= 11 is 1.81. The number of nitrogens with zero attached hydrogens (tertiary/aromatic N) is 5. The van der Waals surface area contributed by atoms with E-state index in [1.54, 1.807) is 12.4 Å². The molecular weight excluding hydrogens is 447 g/mol. The Labute approximate surface area is 170 Å². The second-order valence-electron chi connectivity index (χ2n) is 5.87. The number of hydrogen-bond donors (Lipinski definition) is 1. The van der Waals surface area contributed by atoms with Gasteiger partial charge in [-0.25, -0.2) is 9.97 Å². The lowest BCUT2D eigenvalue weighted by atomic mass is 10.1. The first kappa shape index (κ1) is 19.9. The number of guanidine groups is 1. The fourth-order valence-electron chi connectivity index (χ4n) is 2.82. The molecule has 1 saturated heterocycles. The minimum Gasteiger partial charge on any atom is -0.356 e. The van der Waals surface area contributed by atoms with Crippen LogP contribution in [-0.4, -0.2) is 60.6 Å². The minimum atomic E-state index is 0. The van der Waals surface area contributed by atoms with Gasteiger partial charge < -0.3 is 15.1 Å². The van der Waals surface area contributed by atoms with Crippen molar-refractivity contribution in [3.63, 3.8) is 0 Å². The third-order valence-electron chi connectivity index (χ3n) is 4.22. The number of aromatic nitrogens is 2. The minimum absolute atomic E-state index is 0. The molecule has 0 aromatic carbocycles. The largest absolute Gasteiger partial charge is 0.356 e. The van der Waals surface area contributed by atoms with Crippen molar-refractivity contribution in [3.8, 4) is 0 Å². The second kappa shape index (κ2) is 9.91. The first-order valence-electron chi connectivity index (χ1n) is 8.29. The van der Waals surface area contributed by atoms with Gasteiger partial charge >= 0.3 is 0 Å². The normalized spacial score (nSPS) is 16.3. The molecule has 2 aromatic rings. The molecule has 0 saturated carbocycles. The molecule has 1 fully saturated rings. The number of halogens is 1. The SMILES string of the molecule is CN=C(NCC(C)c1cccs1)N1CCN(c2ncccn2)CC1.I. The van der Waals surface area contributed by atoms with Crippen LogP contribution in [0.4, 0.5) is 5.95 Å². The summed E-state index contributed by atoms with van der Waals surface area (Å²) < 4.78 is 0. The van der Waals surface area contributed by atoms with E-state index in [0.29, 0.717) is 5.92 Å². The van der Waals surface area contributed by atoms with Crippen LogP contribution in [0.1, 0.15) is 17.7 Å². The Morgan fingerprint density at radius 3 is 2.56 bits per heavy atom. The average molecular weight is 472 g/mol. The van der Waals surface area contributed by atoms with Crippen LogP contribution < -0.4 is 10.2 Å². The molecule has 0 aliphatic carbocycles. The highest BCUT2D eigenvalue weighted by atomic mass is 127. The van der Waals surface area contributed by atoms with Crippen LogP contribution in [0.2, 0.25) is 0 Å². The Kier molecular flexibility index (Phi) is 7.89. The van der Waals surface area contributed by atoms with Crippen LogP contribution in [0.15, 0.2) is 41.0 Å². The number of rotatable bonds is 4. The van der Waals surface area contributed by atoms with Crippen molar-refractivity contribution in [2.24, 2.45) is 4.99 Å². The highest BCUT2D eigenvalue weighted by Crippen LogP contribution is 2.19. The summed E-state index contributed by atoms with van der Waals surface area (Å²) in [5.41, 5.74) is 0. The molecule has 1 aliphatic heterocycles. The summed E-state index contributed by atoms with van der Waals surface area (Å²) in [6, 6.07) is 6.15. The van der Waals surface area contributed by atoms with Gasteiger partial charge in [0.1, 0.15) is 0 Å². The zero-order valence-electron chi connectivity index (χ0n) is 14.6. The second-order valence-corrected chi connectivity index (χ2v) is 6.85. The van der Waals surface area contributed by atoms with Gasteiger partial charge in [-0.15, -0.1) is 35.3 Å². The Bertz CT molecular complexity index is 640. The molecule has 136 valence electrons. The highest BCUT2D eigenvalue weighted by molar-refractivity contribution is 14.0. The molecule has 0 bridgehead atoms. The Morgan fingerprint density at radius 2 is 1.96 bits per heavy atom. The zero-order chi connectivity index (χ0) is 16.8. The molecule has 6 nitrogen and oxygen atoms in total. The maximum atomic E-state index is 4.45. The number of anilines is 1. The van der Waals surface area contributed by atoms with Crippen molar-refractivity contribution < 1.29 is 0 Å². The summed E-state index contributed by atoms with van der Waals surface area (Å²) in [6.45, 7) is 6.80. The smallest absolute Gasteiger partial charge is 0.225 e. The molecular formula is C17H25IN6S. The number of piperazine rings is 1. The van der Waals surface area contributed by atoms with Crippen molar-refractivity contribution in [1.29, 1.82) is 0 Å². The van der Waals surface area contributed by atoms with Gasteiger partial charge in [0.05, 0.1) is 0 Å². The summed E-state index contributed by atoms with van der Waals surface area (Å²) in [7, 11) is 1.85. The highest BCUT2D eigenvalue weighted by Gasteiger charge is 2.21. The van der Waals surface area contributed by atoms with E-state index in [-0.39, 0.29) is 24.0 Å². The van der Waals surface area contributed by atoms with E-state index < -0.39 is 0 Å². The fraction of sp³-hybridized carbons (Fsp3) is 0.471. The first-order chi connectivity index (χ1) is 11.8. The Morgan fingerprint density at radius 1 is 1.24 bits per heavy atom. The van der Waals surface area contributed by atoms with Gasteiger partial charge in [0, 0.05) is 63.0 Å². The van der Waals surface area contributed by atoms with Crippen LogP contribution >= 0.6 is 35.3 Å². The molecule has 3 rings (SSSR count). The van der Waals surface area contributed by atoms with E-state index in [4.69, 9.17) is 0 Å². The van der Waals surface area contributed by atoms with Gasteiger partial charge in [0.25, 0.3) is 0 Å². The van der Waals surface area contributed by atoms with E-state index in [1.807, 2.05) is 24.5 Å². The molecule has 2 aromatic heterocycles. The van der Waals surface area contributed by atoms with Crippen molar-refractivity contribution in [1.82, 2.24) is 20.2 Å². The lowest BCUT2D eigenvalue weighted by Crippen LogP contribution is -2.53. The van der Waals surface area contributed by atoms with Gasteiger partial charge in [-0.2, -0.15) is 0 Å². The van der Waals surface area contributed by atoms with Crippen molar-refractivity contribution >= 4 is 47.2 Å². The van der Waals surface area contributed by atoms with E-state index >= 15 is 0 Å². The Hall–Kier alpha value is -1.42.